The van der Waals surface area contributed by atoms with Crippen molar-refractivity contribution in [1.29, 1.82) is 0 Å². The molecule has 0 unspecified atom stereocenters. The lowest BCUT2D eigenvalue weighted by Gasteiger charge is -2.15. The average Bonchev–Trinajstić information content (AvgIpc) is 2.60. The summed E-state index contributed by atoms with van der Waals surface area (Å²) in [6.07, 6.45) is 4.39. The molecule has 2 atom stereocenters. The third kappa shape index (κ3) is 2.87. The highest BCUT2D eigenvalue weighted by Crippen LogP contribution is 2.17. The summed E-state index contributed by atoms with van der Waals surface area (Å²) >= 11 is 0. The summed E-state index contributed by atoms with van der Waals surface area (Å²) in [6.45, 7) is 1.62. The number of likely N-dealkylation sites (tertiary alicyclic amines) is 1. The third-order valence-electron chi connectivity index (χ3n) is 2.47. The predicted molar refractivity (Wildman–Crippen MR) is 58.4 cm³/mol. The Kier molecular flexibility index (Phi) is 3.78. The van der Waals surface area contributed by atoms with Crippen LogP contribution in [0.2, 0.25) is 0 Å². The molecule has 1 rings (SSSR count). The second-order valence-corrected chi connectivity index (χ2v) is 5.61. The standard InChI is InChI=1S/C9H14N2O4S/c1-3-8-5-7(6-11(8)9(12)13)10-16(14,15)4-2/h1,7-8,10H,4-6H2,2H3,(H,12,13)/t7-,8-/m1/s1. The van der Waals surface area contributed by atoms with Crippen LogP contribution in [0.15, 0.2) is 0 Å². The molecule has 1 aliphatic heterocycles. The van der Waals surface area contributed by atoms with E-state index >= 15 is 0 Å². The number of hydrogen-bond acceptors (Lipinski definition) is 3. The first-order chi connectivity index (χ1) is 7.39. The second kappa shape index (κ2) is 4.72. The first kappa shape index (κ1) is 12.8. The quantitative estimate of drug-likeness (QED) is 0.668. The van der Waals surface area contributed by atoms with Crippen molar-refractivity contribution in [2.75, 3.05) is 12.3 Å². The summed E-state index contributed by atoms with van der Waals surface area (Å²) in [6, 6.07) is -0.982. The van der Waals surface area contributed by atoms with E-state index in [1.807, 2.05) is 0 Å². The molecule has 7 heteroatoms. The van der Waals surface area contributed by atoms with Crippen molar-refractivity contribution in [1.82, 2.24) is 9.62 Å². The van der Waals surface area contributed by atoms with Gasteiger partial charge in [0.05, 0.1) is 11.8 Å². The Hall–Kier alpha value is -1.26. The summed E-state index contributed by atoms with van der Waals surface area (Å²) in [5, 5.41) is 8.84. The lowest BCUT2D eigenvalue weighted by atomic mass is 10.2. The van der Waals surface area contributed by atoms with E-state index in [1.165, 1.54) is 6.92 Å². The van der Waals surface area contributed by atoms with E-state index < -0.39 is 28.2 Å². The fraction of sp³-hybridized carbons (Fsp3) is 0.667. The second-order valence-electron chi connectivity index (χ2n) is 3.57. The number of rotatable bonds is 3. The van der Waals surface area contributed by atoms with E-state index in [2.05, 4.69) is 10.6 Å². The van der Waals surface area contributed by atoms with Crippen molar-refractivity contribution in [3.63, 3.8) is 0 Å². The van der Waals surface area contributed by atoms with Crippen molar-refractivity contribution in [2.24, 2.45) is 0 Å². The summed E-state index contributed by atoms with van der Waals surface area (Å²) in [4.78, 5) is 11.9. The van der Waals surface area contributed by atoms with Gasteiger partial charge in [-0.05, 0) is 13.3 Å². The van der Waals surface area contributed by atoms with Crippen LogP contribution in [0.1, 0.15) is 13.3 Å². The van der Waals surface area contributed by atoms with Gasteiger partial charge in [-0.25, -0.2) is 17.9 Å². The van der Waals surface area contributed by atoms with Gasteiger partial charge in [-0.1, -0.05) is 5.92 Å². The molecule has 0 aromatic heterocycles. The molecule has 0 aromatic rings. The van der Waals surface area contributed by atoms with Crippen LogP contribution in [0.25, 0.3) is 0 Å². The van der Waals surface area contributed by atoms with Crippen molar-refractivity contribution in [2.45, 2.75) is 25.4 Å². The highest BCUT2D eigenvalue weighted by molar-refractivity contribution is 7.89. The van der Waals surface area contributed by atoms with Crippen LogP contribution in [0.3, 0.4) is 0 Å². The van der Waals surface area contributed by atoms with E-state index in [-0.39, 0.29) is 12.3 Å². The molecule has 90 valence electrons. The maximum atomic E-state index is 11.3. The molecule has 6 nitrogen and oxygen atoms in total. The highest BCUT2D eigenvalue weighted by atomic mass is 32.2. The molecule has 1 amide bonds. The van der Waals surface area contributed by atoms with Gasteiger partial charge >= 0.3 is 6.09 Å². The minimum absolute atomic E-state index is 0.0305. The Morgan fingerprint density at radius 2 is 2.31 bits per heavy atom. The number of nitrogens with zero attached hydrogens (tertiary/aromatic N) is 1. The zero-order chi connectivity index (χ0) is 12.3. The van der Waals surface area contributed by atoms with Crippen molar-refractivity contribution in [3.8, 4) is 12.3 Å². The Morgan fingerprint density at radius 3 is 2.69 bits per heavy atom. The highest BCUT2D eigenvalue weighted by Gasteiger charge is 2.35. The molecule has 0 aliphatic carbocycles. The summed E-state index contributed by atoms with van der Waals surface area (Å²) in [5.74, 6) is 2.31. The Balaban J connectivity index is 2.70. The van der Waals surface area contributed by atoms with E-state index in [9.17, 15) is 13.2 Å². The van der Waals surface area contributed by atoms with Crippen LogP contribution in [-0.2, 0) is 10.0 Å². The zero-order valence-electron chi connectivity index (χ0n) is 8.88. The van der Waals surface area contributed by atoms with E-state index in [4.69, 9.17) is 11.5 Å². The van der Waals surface area contributed by atoms with Crippen LogP contribution in [0.4, 0.5) is 4.79 Å². The van der Waals surface area contributed by atoms with Crippen LogP contribution >= 0.6 is 0 Å². The van der Waals surface area contributed by atoms with E-state index in [1.54, 1.807) is 0 Å². The molecule has 0 saturated carbocycles. The lowest BCUT2D eigenvalue weighted by Crippen LogP contribution is -2.39. The largest absolute Gasteiger partial charge is 0.465 e. The van der Waals surface area contributed by atoms with Gasteiger partial charge in [-0.15, -0.1) is 6.42 Å². The first-order valence-electron chi connectivity index (χ1n) is 4.85. The monoisotopic (exact) mass is 246 g/mol. The molecule has 0 spiro atoms. The van der Waals surface area contributed by atoms with Gasteiger partial charge in [-0.3, -0.25) is 4.90 Å². The number of carbonyl (C=O) groups is 1. The molecule has 1 heterocycles. The topological polar surface area (TPSA) is 86.7 Å². The van der Waals surface area contributed by atoms with Gasteiger partial charge < -0.3 is 5.11 Å². The third-order valence-corrected chi connectivity index (χ3v) is 3.92. The summed E-state index contributed by atoms with van der Waals surface area (Å²) in [5.41, 5.74) is 0. The molecule has 16 heavy (non-hydrogen) atoms. The van der Waals surface area contributed by atoms with Crippen LogP contribution in [0.5, 0.6) is 0 Å². The number of sulfonamides is 1. The maximum absolute atomic E-state index is 11.3. The Labute approximate surface area is 94.7 Å². The van der Waals surface area contributed by atoms with Gasteiger partial charge in [-0.2, -0.15) is 0 Å². The Morgan fingerprint density at radius 1 is 1.69 bits per heavy atom. The molecule has 0 bridgehead atoms. The number of nitrogens with one attached hydrogen (secondary N) is 1. The van der Waals surface area contributed by atoms with Gasteiger partial charge in [0, 0.05) is 12.6 Å². The molecule has 1 fully saturated rings. The molecule has 0 radical (unpaired) electrons. The minimum Gasteiger partial charge on any atom is -0.465 e. The Bertz CT molecular complexity index is 412. The SMILES string of the molecule is C#C[C@@H]1C[C@@H](NS(=O)(=O)CC)CN1C(=O)O. The van der Waals surface area contributed by atoms with Crippen molar-refractivity contribution >= 4 is 16.1 Å². The fourth-order valence-electron chi connectivity index (χ4n) is 1.63. The van der Waals surface area contributed by atoms with Crippen LogP contribution < -0.4 is 4.72 Å². The minimum atomic E-state index is -3.32. The number of carboxylic acid groups (broad SMARTS) is 1. The zero-order valence-corrected chi connectivity index (χ0v) is 9.70. The number of amides is 1. The average molecular weight is 246 g/mol. The first-order valence-corrected chi connectivity index (χ1v) is 6.50. The van der Waals surface area contributed by atoms with Gasteiger partial charge in [0.1, 0.15) is 0 Å². The maximum Gasteiger partial charge on any atom is 0.408 e. The van der Waals surface area contributed by atoms with Crippen molar-refractivity contribution < 1.29 is 18.3 Å². The predicted octanol–water partition coefficient (Wildman–Crippen LogP) is -0.320. The fourth-order valence-corrected chi connectivity index (χ4v) is 2.47. The van der Waals surface area contributed by atoms with E-state index in [0.29, 0.717) is 6.42 Å². The molecule has 2 N–H and O–H groups in total. The van der Waals surface area contributed by atoms with Gasteiger partial charge in [0.15, 0.2) is 0 Å². The van der Waals surface area contributed by atoms with Crippen LogP contribution in [0, 0.1) is 12.3 Å². The molecular formula is C9H14N2O4S. The summed E-state index contributed by atoms with van der Waals surface area (Å²) < 4.78 is 25.0. The molecule has 1 saturated heterocycles. The lowest BCUT2D eigenvalue weighted by molar-refractivity contribution is 0.148. The summed E-state index contributed by atoms with van der Waals surface area (Å²) in [7, 11) is -3.32. The smallest absolute Gasteiger partial charge is 0.408 e. The van der Waals surface area contributed by atoms with Gasteiger partial charge in [0.2, 0.25) is 10.0 Å². The molecular weight excluding hydrogens is 232 g/mol. The van der Waals surface area contributed by atoms with E-state index in [0.717, 1.165) is 4.90 Å². The van der Waals surface area contributed by atoms with Crippen LogP contribution in [-0.4, -0.2) is 48.9 Å². The molecule has 1 aliphatic rings. The van der Waals surface area contributed by atoms with Gasteiger partial charge in [0.25, 0.3) is 0 Å². The molecule has 0 aromatic carbocycles. The van der Waals surface area contributed by atoms with Crippen molar-refractivity contribution in [3.05, 3.63) is 0 Å². The number of terminal acetylenes is 1. The number of hydrogen-bond donors (Lipinski definition) is 2. The normalized spacial score (nSPS) is 25.4.